The molecule has 0 amide bonds. The summed E-state index contributed by atoms with van der Waals surface area (Å²) in [5.41, 5.74) is 0.897. The number of hydrogen-bond acceptors (Lipinski definition) is 2. The third kappa shape index (κ3) is 2.93. The summed E-state index contributed by atoms with van der Waals surface area (Å²) >= 11 is 0. The zero-order valence-corrected chi connectivity index (χ0v) is 7.76. The highest BCUT2D eigenvalue weighted by molar-refractivity contribution is 5.60. The van der Waals surface area contributed by atoms with Crippen LogP contribution in [0.25, 0.3) is 0 Å². The maximum atomic E-state index is 11.9. The number of hydrogen-bond donors (Lipinski definition) is 2. The van der Waals surface area contributed by atoms with Gasteiger partial charge in [-0.05, 0) is 6.07 Å². The highest BCUT2D eigenvalue weighted by atomic mass is 19.3. The lowest BCUT2D eigenvalue weighted by atomic mass is 10.2. The quantitative estimate of drug-likeness (QED) is 0.715. The van der Waals surface area contributed by atoms with E-state index in [1.807, 2.05) is 0 Å². The monoisotopic (exact) mass is 202 g/mol. The van der Waals surface area contributed by atoms with Crippen LogP contribution < -0.4 is 10.4 Å². The highest BCUT2D eigenvalue weighted by Crippen LogP contribution is 2.16. The Kier molecular flexibility index (Phi) is 3.79. The maximum absolute atomic E-state index is 11.9. The molecule has 0 saturated carbocycles. The molecule has 0 aliphatic heterocycles. The van der Waals surface area contributed by atoms with Crippen molar-refractivity contribution in [1.82, 2.24) is 0 Å². The molecule has 0 saturated heterocycles. The molecule has 1 rings (SSSR count). The Morgan fingerprint density at radius 2 is 2.07 bits per heavy atom. The van der Waals surface area contributed by atoms with Crippen LogP contribution in [0, 0.1) is 5.21 Å². The number of nitrogens with one attached hydrogen (secondary N) is 2. The molecule has 1 aromatic carbocycles. The van der Waals surface area contributed by atoms with Crippen molar-refractivity contribution in [2.24, 2.45) is 0 Å². The van der Waals surface area contributed by atoms with Crippen LogP contribution in [0.2, 0.25) is 0 Å². The molecule has 0 heterocycles. The van der Waals surface area contributed by atoms with Crippen LogP contribution in [0.4, 0.5) is 20.2 Å². The van der Waals surface area contributed by atoms with Crippen molar-refractivity contribution in [2.45, 2.75) is 6.43 Å². The van der Waals surface area contributed by atoms with Gasteiger partial charge in [-0.25, -0.2) is 8.78 Å². The first-order valence-electron chi connectivity index (χ1n) is 4.23. The molecular formula is C9H12F2N2O. The van der Waals surface area contributed by atoms with Gasteiger partial charge in [-0.3, -0.25) is 0 Å². The molecule has 1 atom stereocenters. The average molecular weight is 202 g/mol. The van der Waals surface area contributed by atoms with Crippen LogP contribution in [-0.4, -0.2) is 20.0 Å². The fourth-order valence-corrected chi connectivity index (χ4v) is 1.13. The summed E-state index contributed by atoms with van der Waals surface area (Å²) in [6.07, 6.45) is -2.42. The van der Waals surface area contributed by atoms with Gasteiger partial charge in [0.05, 0.1) is 19.3 Å². The Morgan fingerprint density at radius 1 is 1.43 bits per heavy atom. The summed E-state index contributed by atoms with van der Waals surface area (Å²) in [6, 6.07) is 6.61. The molecule has 0 aliphatic rings. The lowest BCUT2D eigenvalue weighted by molar-refractivity contribution is -0.750. The van der Waals surface area contributed by atoms with E-state index in [4.69, 9.17) is 0 Å². The van der Waals surface area contributed by atoms with E-state index in [2.05, 4.69) is 5.32 Å². The highest BCUT2D eigenvalue weighted by Gasteiger charge is 2.07. The number of alkyl halides is 2. The minimum atomic E-state index is -2.42. The fraction of sp³-hybridized carbons (Fsp3) is 0.333. The van der Waals surface area contributed by atoms with Gasteiger partial charge in [0.15, 0.2) is 5.69 Å². The topological polar surface area (TPSA) is 39.5 Å². The molecule has 14 heavy (non-hydrogen) atoms. The van der Waals surface area contributed by atoms with Gasteiger partial charge < -0.3 is 15.6 Å². The van der Waals surface area contributed by atoms with Crippen LogP contribution in [0.15, 0.2) is 24.3 Å². The zero-order chi connectivity index (χ0) is 10.6. The first kappa shape index (κ1) is 10.9. The van der Waals surface area contributed by atoms with Crippen LogP contribution in [0.1, 0.15) is 0 Å². The van der Waals surface area contributed by atoms with Gasteiger partial charge in [-0.2, -0.15) is 0 Å². The zero-order valence-electron chi connectivity index (χ0n) is 7.76. The smallest absolute Gasteiger partial charge is 0.255 e. The predicted molar refractivity (Wildman–Crippen MR) is 50.8 cm³/mol. The number of benzene rings is 1. The largest absolute Gasteiger partial charge is 0.629 e. The minimum absolute atomic E-state index is 0.137. The molecule has 5 heteroatoms. The van der Waals surface area contributed by atoms with Gasteiger partial charge in [-0.15, -0.1) is 0 Å². The van der Waals surface area contributed by atoms with Gasteiger partial charge in [0.1, 0.15) is 0 Å². The summed E-state index contributed by atoms with van der Waals surface area (Å²) < 4.78 is 23.8. The minimum Gasteiger partial charge on any atom is -0.629 e. The van der Waals surface area contributed by atoms with E-state index < -0.39 is 13.0 Å². The molecule has 2 N–H and O–H groups in total. The number of halogens is 2. The third-order valence-corrected chi connectivity index (χ3v) is 1.75. The molecule has 1 aromatic rings. The standard InChI is InChI=1S/C9H12F2N2O/c1-13(14)8-5-3-2-4-7(8)12-6-9(10)11/h2-5,9,12-13H,6H2,1H3. The lowest BCUT2D eigenvalue weighted by Crippen LogP contribution is -2.98. The first-order valence-corrected chi connectivity index (χ1v) is 4.23. The first-order chi connectivity index (χ1) is 6.61. The lowest BCUT2D eigenvalue weighted by Gasteiger charge is -2.19. The van der Waals surface area contributed by atoms with E-state index >= 15 is 0 Å². The second-order valence-electron chi connectivity index (χ2n) is 2.87. The van der Waals surface area contributed by atoms with Gasteiger partial charge in [-0.1, -0.05) is 12.1 Å². The van der Waals surface area contributed by atoms with Crippen molar-refractivity contribution < 1.29 is 13.8 Å². The molecule has 0 bridgehead atoms. The van der Waals surface area contributed by atoms with Gasteiger partial charge in [0.2, 0.25) is 0 Å². The molecule has 0 fully saturated rings. The maximum Gasteiger partial charge on any atom is 0.255 e. The van der Waals surface area contributed by atoms with Crippen LogP contribution in [0.5, 0.6) is 0 Å². The summed E-state index contributed by atoms with van der Waals surface area (Å²) in [5, 5.41) is 13.5. The molecule has 0 aliphatic carbocycles. The summed E-state index contributed by atoms with van der Waals surface area (Å²) in [5.74, 6) is 0. The predicted octanol–water partition coefficient (Wildman–Crippen LogP) is 1.01. The Labute approximate surface area is 80.9 Å². The third-order valence-electron chi connectivity index (χ3n) is 1.75. The molecule has 78 valence electrons. The van der Waals surface area contributed by atoms with Crippen molar-refractivity contribution in [2.75, 3.05) is 18.9 Å². The Morgan fingerprint density at radius 3 is 2.64 bits per heavy atom. The Hall–Kier alpha value is -1.20. The van der Waals surface area contributed by atoms with Crippen molar-refractivity contribution in [3.63, 3.8) is 0 Å². The van der Waals surface area contributed by atoms with Crippen molar-refractivity contribution >= 4 is 11.4 Å². The molecule has 0 aromatic heterocycles. The molecule has 3 nitrogen and oxygen atoms in total. The number of rotatable bonds is 4. The SMILES string of the molecule is C[NH+]([O-])c1ccccc1NCC(F)F. The van der Waals surface area contributed by atoms with Crippen molar-refractivity contribution in [3.05, 3.63) is 29.5 Å². The van der Waals surface area contributed by atoms with Crippen molar-refractivity contribution in [3.8, 4) is 0 Å². The summed E-state index contributed by atoms with van der Waals surface area (Å²) in [7, 11) is 1.41. The van der Waals surface area contributed by atoms with Gasteiger partial charge >= 0.3 is 0 Å². The van der Waals surface area contributed by atoms with Gasteiger partial charge in [0.25, 0.3) is 6.43 Å². The Bertz CT molecular complexity index is 292. The van der Waals surface area contributed by atoms with E-state index in [0.717, 1.165) is 0 Å². The molecule has 1 unspecified atom stereocenters. The second-order valence-corrected chi connectivity index (χ2v) is 2.87. The number of hydroxylamine groups is 1. The summed E-state index contributed by atoms with van der Waals surface area (Å²) in [4.78, 5) is 0. The van der Waals surface area contributed by atoms with E-state index in [1.54, 1.807) is 24.3 Å². The molecule has 0 radical (unpaired) electrons. The van der Waals surface area contributed by atoms with Crippen LogP contribution >= 0.6 is 0 Å². The molecular weight excluding hydrogens is 190 g/mol. The van der Waals surface area contributed by atoms with Crippen LogP contribution in [0.3, 0.4) is 0 Å². The number of quaternary nitrogens is 1. The number of para-hydroxylation sites is 2. The normalized spacial score (nSPS) is 12.9. The van der Waals surface area contributed by atoms with Gasteiger partial charge in [0, 0.05) is 6.07 Å². The number of anilines is 1. The van der Waals surface area contributed by atoms with E-state index in [1.165, 1.54) is 7.05 Å². The summed E-state index contributed by atoms with van der Waals surface area (Å²) in [6.45, 7) is -0.440. The Balaban J connectivity index is 2.74. The fourth-order valence-electron chi connectivity index (χ4n) is 1.13. The van der Waals surface area contributed by atoms with Crippen molar-refractivity contribution in [1.29, 1.82) is 0 Å². The van der Waals surface area contributed by atoms with E-state index in [9.17, 15) is 14.0 Å². The van der Waals surface area contributed by atoms with Crippen LogP contribution in [-0.2, 0) is 0 Å². The molecule has 0 spiro atoms. The van der Waals surface area contributed by atoms with E-state index in [-0.39, 0.29) is 5.06 Å². The second kappa shape index (κ2) is 4.88. The van der Waals surface area contributed by atoms with E-state index in [0.29, 0.717) is 11.4 Å². The average Bonchev–Trinajstić information content (AvgIpc) is 2.15.